The van der Waals surface area contributed by atoms with Crippen molar-refractivity contribution in [1.29, 1.82) is 0 Å². The standard InChI is InChI=1S/C31H24F2N4O4/c1-18(19-6-3-2-4-7-19)41-30(40)35-28-26-8-5-15-34-37(26)36-27(28)23-17-24(32)22(16-25(23)33)20-9-11-21(12-10-20)31(13-14-31)29(38)39/h2-12,15-18H,13-14H2,1H3,(H,35,40)(H,38,39)/t18-/m1/s1. The number of carbonyl (C=O) groups excluding carboxylic acids is 1. The number of hydrogen-bond donors (Lipinski definition) is 2. The predicted octanol–water partition coefficient (Wildman–Crippen LogP) is 6.77. The maximum atomic E-state index is 15.6. The van der Waals surface area contributed by atoms with Gasteiger partial charge in [0, 0.05) is 17.3 Å². The number of carboxylic acid groups (broad SMARTS) is 1. The maximum Gasteiger partial charge on any atom is 0.412 e. The van der Waals surface area contributed by atoms with E-state index in [0.29, 0.717) is 29.5 Å². The summed E-state index contributed by atoms with van der Waals surface area (Å²) >= 11 is 0. The Balaban J connectivity index is 1.32. The van der Waals surface area contributed by atoms with Crippen molar-refractivity contribution < 1.29 is 28.2 Å². The molecular formula is C31H24F2N4O4. The molecule has 1 fully saturated rings. The van der Waals surface area contributed by atoms with Crippen molar-refractivity contribution in [2.75, 3.05) is 5.32 Å². The molecule has 0 bridgehead atoms. The lowest BCUT2D eigenvalue weighted by molar-refractivity contribution is -0.140. The second-order valence-corrected chi connectivity index (χ2v) is 9.98. The molecule has 0 spiro atoms. The maximum absolute atomic E-state index is 15.6. The van der Waals surface area contributed by atoms with Crippen LogP contribution < -0.4 is 5.32 Å². The van der Waals surface area contributed by atoms with Crippen LogP contribution in [0, 0.1) is 11.6 Å². The van der Waals surface area contributed by atoms with Gasteiger partial charge in [0.05, 0.1) is 5.41 Å². The molecule has 1 amide bonds. The second-order valence-electron chi connectivity index (χ2n) is 9.98. The monoisotopic (exact) mass is 554 g/mol. The molecule has 41 heavy (non-hydrogen) atoms. The van der Waals surface area contributed by atoms with Gasteiger partial charge in [0.15, 0.2) is 0 Å². The summed E-state index contributed by atoms with van der Waals surface area (Å²) in [6, 6.07) is 20.9. The van der Waals surface area contributed by atoms with Crippen LogP contribution in [0.25, 0.3) is 27.9 Å². The largest absolute Gasteiger partial charge is 0.481 e. The minimum absolute atomic E-state index is 0.00506. The molecule has 6 rings (SSSR count). The number of anilines is 1. The lowest BCUT2D eigenvalue weighted by Gasteiger charge is -2.15. The van der Waals surface area contributed by atoms with E-state index in [1.807, 2.05) is 30.3 Å². The van der Waals surface area contributed by atoms with Gasteiger partial charge in [0.2, 0.25) is 0 Å². The summed E-state index contributed by atoms with van der Waals surface area (Å²) < 4.78 is 37.8. The molecule has 1 saturated carbocycles. The van der Waals surface area contributed by atoms with E-state index in [4.69, 9.17) is 4.74 Å². The number of fused-ring (bicyclic) bond motifs is 1. The first-order valence-corrected chi connectivity index (χ1v) is 13.0. The van der Waals surface area contributed by atoms with Crippen LogP contribution >= 0.6 is 0 Å². The number of ether oxygens (including phenoxy) is 1. The Hall–Kier alpha value is -5.12. The molecule has 8 nitrogen and oxygen atoms in total. The molecule has 0 aliphatic heterocycles. The van der Waals surface area contributed by atoms with Crippen LogP contribution in [0.15, 0.2) is 85.1 Å². The van der Waals surface area contributed by atoms with E-state index >= 15 is 8.78 Å². The molecule has 206 valence electrons. The number of benzene rings is 3. The molecule has 5 aromatic rings. The van der Waals surface area contributed by atoms with Crippen molar-refractivity contribution in [2.45, 2.75) is 31.3 Å². The molecule has 1 atom stereocenters. The minimum Gasteiger partial charge on any atom is -0.481 e. The SMILES string of the molecule is C[C@@H](OC(=O)Nc1c(-c2cc(F)c(-c3ccc(C4(C(=O)O)CC4)cc3)cc2F)nn2ncccc12)c1ccccc1. The number of amides is 1. The Morgan fingerprint density at radius 2 is 1.66 bits per heavy atom. The lowest BCUT2D eigenvalue weighted by Crippen LogP contribution is -2.19. The Morgan fingerprint density at radius 3 is 2.34 bits per heavy atom. The highest BCUT2D eigenvalue weighted by Crippen LogP contribution is 2.48. The first-order valence-electron chi connectivity index (χ1n) is 13.0. The fraction of sp³-hybridized carbons (Fsp3) is 0.161. The van der Waals surface area contributed by atoms with Crippen molar-refractivity contribution in [2.24, 2.45) is 0 Å². The highest BCUT2D eigenvalue weighted by Gasteiger charge is 2.51. The third-order valence-electron chi connectivity index (χ3n) is 7.42. The van der Waals surface area contributed by atoms with Crippen LogP contribution in [0.5, 0.6) is 0 Å². The first-order chi connectivity index (χ1) is 19.8. The van der Waals surface area contributed by atoms with Crippen LogP contribution in [0.2, 0.25) is 0 Å². The van der Waals surface area contributed by atoms with E-state index in [-0.39, 0.29) is 22.5 Å². The van der Waals surface area contributed by atoms with Gasteiger partial charge in [-0.3, -0.25) is 10.1 Å². The van der Waals surface area contributed by atoms with Crippen molar-refractivity contribution in [3.63, 3.8) is 0 Å². The number of nitrogens with one attached hydrogen (secondary N) is 1. The number of carboxylic acids is 1. The molecule has 10 heteroatoms. The summed E-state index contributed by atoms with van der Waals surface area (Å²) in [6.07, 6.45) is 1.20. The molecule has 1 aliphatic carbocycles. The Morgan fingerprint density at radius 1 is 0.976 bits per heavy atom. The summed E-state index contributed by atoms with van der Waals surface area (Å²) in [6.45, 7) is 1.72. The molecule has 2 aromatic heterocycles. The number of aliphatic carboxylic acids is 1. The molecular weight excluding hydrogens is 530 g/mol. The number of aromatic nitrogens is 3. The zero-order valence-electron chi connectivity index (χ0n) is 21.8. The van der Waals surface area contributed by atoms with E-state index < -0.39 is 35.2 Å². The van der Waals surface area contributed by atoms with E-state index in [9.17, 15) is 14.7 Å². The average Bonchev–Trinajstić information content (AvgIpc) is 3.72. The van der Waals surface area contributed by atoms with Crippen molar-refractivity contribution in [3.8, 4) is 22.4 Å². The van der Waals surface area contributed by atoms with Gasteiger partial charge in [-0.15, -0.1) is 9.73 Å². The van der Waals surface area contributed by atoms with E-state index in [1.165, 1.54) is 10.8 Å². The third-order valence-corrected chi connectivity index (χ3v) is 7.42. The van der Waals surface area contributed by atoms with Crippen molar-refractivity contribution in [3.05, 3.63) is 108 Å². The Kier molecular flexibility index (Phi) is 6.45. The van der Waals surface area contributed by atoms with Gasteiger partial charge in [0.1, 0.15) is 34.6 Å². The highest BCUT2D eigenvalue weighted by molar-refractivity contribution is 5.98. The number of hydrogen-bond acceptors (Lipinski definition) is 5. The molecule has 2 heterocycles. The quantitative estimate of drug-likeness (QED) is 0.230. The van der Waals surface area contributed by atoms with Crippen molar-refractivity contribution in [1.82, 2.24) is 14.8 Å². The van der Waals surface area contributed by atoms with Gasteiger partial charge in [-0.25, -0.2) is 13.6 Å². The Bertz CT molecular complexity index is 1780. The summed E-state index contributed by atoms with van der Waals surface area (Å²) in [7, 11) is 0. The molecule has 0 saturated heterocycles. The van der Waals surface area contributed by atoms with Crippen LogP contribution in [-0.2, 0) is 14.9 Å². The van der Waals surface area contributed by atoms with E-state index in [1.54, 1.807) is 43.3 Å². The first kappa shape index (κ1) is 26.1. The zero-order chi connectivity index (χ0) is 28.7. The topological polar surface area (TPSA) is 106 Å². The fourth-order valence-corrected chi connectivity index (χ4v) is 4.96. The second kappa shape index (κ2) is 10.1. The molecule has 1 aliphatic rings. The van der Waals surface area contributed by atoms with Gasteiger partial charge in [-0.2, -0.15) is 5.10 Å². The molecule has 2 N–H and O–H groups in total. The van der Waals surface area contributed by atoms with Crippen LogP contribution in [0.1, 0.15) is 37.0 Å². The smallest absolute Gasteiger partial charge is 0.412 e. The van der Waals surface area contributed by atoms with Crippen LogP contribution in [0.3, 0.4) is 0 Å². The number of nitrogens with zero attached hydrogens (tertiary/aromatic N) is 3. The zero-order valence-corrected chi connectivity index (χ0v) is 21.8. The van der Waals surface area contributed by atoms with E-state index in [2.05, 4.69) is 15.5 Å². The highest BCUT2D eigenvalue weighted by atomic mass is 19.1. The summed E-state index contributed by atoms with van der Waals surface area (Å²) in [5.74, 6) is -2.38. The molecule has 3 aromatic carbocycles. The van der Waals surface area contributed by atoms with Crippen LogP contribution in [-0.4, -0.2) is 32.0 Å². The Labute approximate surface area is 233 Å². The summed E-state index contributed by atoms with van der Waals surface area (Å²) in [5.41, 5.74) is 1.19. The number of halogens is 2. The third kappa shape index (κ3) is 4.77. The van der Waals surface area contributed by atoms with Gasteiger partial charge in [-0.05, 0) is 60.7 Å². The number of carbonyl (C=O) groups is 2. The summed E-state index contributed by atoms with van der Waals surface area (Å²) in [4.78, 5) is 24.5. The minimum atomic E-state index is -0.896. The normalized spacial score (nSPS) is 14.4. The fourth-order valence-electron chi connectivity index (χ4n) is 4.96. The van der Waals surface area contributed by atoms with Gasteiger partial charge in [0.25, 0.3) is 0 Å². The van der Waals surface area contributed by atoms with Gasteiger partial charge < -0.3 is 9.84 Å². The predicted molar refractivity (Wildman–Crippen MR) is 147 cm³/mol. The van der Waals surface area contributed by atoms with Gasteiger partial charge >= 0.3 is 12.1 Å². The van der Waals surface area contributed by atoms with Crippen LogP contribution in [0.4, 0.5) is 19.3 Å². The molecule has 0 unspecified atom stereocenters. The summed E-state index contributed by atoms with van der Waals surface area (Å²) in [5, 5.41) is 20.6. The van der Waals surface area contributed by atoms with Gasteiger partial charge in [-0.1, -0.05) is 54.6 Å². The van der Waals surface area contributed by atoms with Crippen molar-refractivity contribution >= 4 is 23.3 Å². The average molecular weight is 555 g/mol. The van der Waals surface area contributed by atoms with E-state index in [0.717, 1.165) is 17.7 Å². The number of rotatable bonds is 7. The molecule has 0 radical (unpaired) electrons. The lowest BCUT2D eigenvalue weighted by atomic mass is 9.93.